The Labute approximate surface area is 88.6 Å². The second-order valence-corrected chi connectivity index (χ2v) is 4.16. The summed E-state index contributed by atoms with van der Waals surface area (Å²) in [6, 6.07) is 6.86. The van der Waals surface area contributed by atoms with E-state index in [0.29, 0.717) is 0 Å². The summed E-state index contributed by atoms with van der Waals surface area (Å²) >= 11 is 0. The molecule has 0 saturated heterocycles. The molecule has 0 bridgehead atoms. The molecule has 0 aliphatic heterocycles. The lowest BCUT2D eigenvalue weighted by atomic mass is 9.82. The highest BCUT2D eigenvalue weighted by Gasteiger charge is 2.26. The Bertz CT molecular complexity index is 408. The van der Waals surface area contributed by atoms with Crippen LogP contribution in [0.2, 0.25) is 0 Å². The summed E-state index contributed by atoms with van der Waals surface area (Å²) in [5, 5.41) is 10.5. The molecule has 0 amide bonds. The molecule has 3 nitrogen and oxygen atoms in total. The van der Waals surface area contributed by atoms with E-state index in [1.165, 1.54) is 0 Å². The number of benzene rings is 1. The van der Waals surface area contributed by atoms with Crippen molar-refractivity contribution in [1.82, 2.24) is 0 Å². The van der Waals surface area contributed by atoms with E-state index >= 15 is 0 Å². The lowest BCUT2D eigenvalue weighted by Gasteiger charge is -2.21. The van der Waals surface area contributed by atoms with Gasteiger partial charge in [-0.1, -0.05) is 31.2 Å². The summed E-state index contributed by atoms with van der Waals surface area (Å²) in [5.41, 5.74) is 1.38. The average molecular weight is 203 g/mol. The van der Waals surface area contributed by atoms with Gasteiger partial charge in [0.05, 0.1) is 4.92 Å². The van der Waals surface area contributed by atoms with Crippen LogP contribution in [0.4, 0.5) is 5.69 Å². The third-order valence-electron chi connectivity index (χ3n) is 3.05. The Morgan fingerprint density at radius 2 is 2.00 bits per heavy atom. The van der Waals surface area contributed by atoms with Crippen molar-refractivity contribution in [3.05, 3.63) is 52.1 Å². The Morgan fingerprint density at radius 1 is 1.33 bits per heavy atom. The molecule has 1 aromatic carbocycles. The molecule has 1 aromatic rings. The number of nitro benzene ring substituents is 1. The van der Waals surface area contributed by atoms with Crippen molar-refractivity contribution >= 4 is 5.69 Å². The third-order valence-corrected chi connectivity index (χ3v) is 3.05. The molecule has 0 saturated carbocycles. The first kappa shape index (κ1) is 9.90. The quantitative estimate of drug-likeness (QED) is 0.421. The Hall–Kier alpha value is -1.64. The maximum absolute atomic E-state index is 10.5. The van der Waals surface area contributed by atoms with E-state index in [1.807, 2.05) is 12.1 Å². The third kappa shape index (κ3) is 1.77. The van der Waals surface area contributed by atoms with Crippen LogP contribution in [0.25, 0.3) is 0 Å². The number of allylic oxidation sites excluding steroid dienone is 2. The molecular weight excluding hydrogens is 190 g/mol. The van der Waals surface area contributed by atoms with Gasteiger partial charge in [0.2, 0.25) is 0 Å². The van der Waals surface area contributed by atoms with Crippen LogP contribution in [0, 0.1) is 10.1 Å². The van der Waals surface area contributed by atoms with Crippen molar-refractivity contribution in [3.63, 3.8) is 0 Å². The summed E-state index contributed by atoms with van der Waals surface area (Å²) in [4.78, 5) is 10.1. The topological polar surface area (TPSA) is 43.1 Å². The molecule has 0 fully saturated rings. The maximum Gasteiger partial charge on any atom is 0.269 e. The molecule has 0 heterocycles. The number of nitro groups is 1. The molecule has 1 atom stereocenters. The first-order valence-corrected chi connectivity index (χ1v) is 5.04. The second kappa shape index (κ2) is 3.50. The van der Waals surface area contributed by atoms with Crippen molar-refractivity contribution < 1.29 is 4.92 Å². The molecule has 2 rings (SSSR count). The standard InChI is InChI=1S/C12H13NO2/c1-12(8-2-3-9-12)10-4-6-11(7-5-10)13(14)15/h2,4-8H,3,9H2,1H3/t12-/m0/s1. The summed E-state index contributed by atoms with van der Waals surface area (Å²) in [7, 11) is 0. The van der Waals surface area contributed by atoms with Gasteiger partial charge in [0.1, 0.15) is 0 Å². The van der Waals surface area contributed by atoms with Crippen LogP contribution in [-0.4, -0.2) is 4.92 Å². The highest BCUT2D eigenvalue weighted by atomic mass is 16.6. The summed E-state index contributed by atoms with van der Waals surface area (Å²) in [5.74, 6) is 0. The largest absolute Gasteiger partial charge is 0.269 e. The summed E-state index contributed by atoms with van der Waals surface area (Å²) in [6.07, 6.45) is 6.54. The van der Waals surface area contributed by atoms with E-state index in [4.69, 9.17) is 0 Å². The van der Waals surface area contributed by atoms with Crippen LogP contribution in [-0.2, 0) is 5.41 Å². The minimum atomic E-state index is -0.364. The van der Waals surface area contributed by atoms with Crippen LogP contribution in [0.3, 0.4) is 0 Å². The molecule has 15 heavy (non-hydrogen) atoms. The summed E-state index contributed by atoms with van der Waals surface area (Å²) < 4.78 is 0. The van der Waals surface area contributed by atoms with Crippen LogP contribution in [0.1, 0.15) is 25.3 Å². The SMILES string of the molecule is C[C@]1(c2ccc([N+](=O)[O-])cc2)C=CCC1. The second-order valence-electron chi connectivity index (χ2n) is 4.16. The number of rotatable bonds is 2. The Morgan fingerprint density at radius 3 is 2.47 bits per heavy atom. The highest BCUT2D eigenvalue weighted by molar-refractivity contribution is 5.39. The van der Waals surface area contributed by atoms with Gasteiger partial charge in [-0.25, -0.2) is 0 Å². The Kier molecular flexibility index (Phi) is 2.31. The van der Waals surface area contributed by atoms with E-state index < -0.39 is 0 Å². The van der Waals surface area contributed by atoms with Crippen LogP contribution in [0.15, 0.2) is 36.4 Å². The molecule has 0 spiro atoms. The molecule has 0 unspecified atom stereocenters. The number of hydrogen-bond acceptors (Lipinski definition) is 2. The van der Waals surface area contributed by atoms with Gasteiger partial charge in [-0.05, 0) is 18.4 Å². The zero-order valence-electron chi connectivity index (χ0n) is 8.64. The predicted octanol–water partition coefficient (Wildman–Crippen LogP) is 3.20. The van der Waals surface area contributed by atoms with Crippen LogP contribution < -0.4 is 0 Å². The predicted molar refractivity (Wildman–Crippen MR) is 58.8 cm³/mol. The van der Waals surface area contributed by atoms with Gasteiger partial charge in [-0.15, -0.1) is 0 Å². The van der Waals surface area contributed by atoms with Crippen molar-refractivity contribution in [3.8, 4) is 0 Å². The first-order chi connectivity index (χ1) is 7.12. The van der Waals surface area contributed by atoms with Gasteiger partial charge in [-0.3, -0.25) is 10.1 Å². The van der Waals surface area contributed by atoms with E-state index in [2.05, 4.69) is 19.1 Å². The van der Waals surface area contributed by atoms with Gasteiger partial charge in [-0.2, -0.15) is 0 Å². The number of hydrogen-bond donors (Lipinski definition) is 0. The smallest absolute Gasteiger partial charge is 0.258 e. The van der Waals surface area contributed by atoms with Gasteiger partial charge < -0.3 is 0 Å². The van der Waals surface area contributed by atoms with Crippen LogP contribution >= 0.6 is 0 Å². The highest BCUT2D eigenvalue weighted by Crippen LogP contribution is 2.35. The molecular formula is C12H13NO2. The molecule has 1 aliphatic rings. The normalized spacial score (nSPS) is 24.3. The van der Waals surface area contributed by atoms with Crippen LogP contribution in [0.5, 0.6) is 0 Å². The van der Waals surface area contributed by atoms with E-state index in [9.17, 15) is 10.1 Å². The van der Waals surface area contributed by atoms with Crippen molar-refractivity contribution in [2.24, 2.45) is 0 Å². The van der Waals surface area contributed by atoms with Crippen molar-refractivity contribution in [2.45, 2.75) is 25.2 Å². The molecule has 3 heteroatoms. The molecule has 0 radical (unpaired) electrons. The van der Waals surface area contributed by atoms with E-state index in [0.717, 1.165) is 18.4 Å². The minimum absolute atomic E-state index is 0.0646. The van der Waals surface area contributed by atoms with Gasteiger partial charge in [0.25, 0.3) is 5.69 Å². The molecule has 1 aliphatic carbocycles. The van der Waals surface area contributed by atoms with Gasteiger partial charge in [0.15, 0.2) is 0 Å². The molecule has 0 aromatic heterocycles. The van der Waals surface area contributed by atoms with Gasteiger partial charge in [0, 0.05) is 17.5 Å². The van der Waals surface area contributed by atoms with Crippen molar-refractivity contribution in [2.75, 3.05) is 0 Å². The minimum Gasteiger partial charge on any atom is -0.258 e. The fourth-order valence-electron chi connectivity index (χ4n) is 2.01. The summed E-state index contributed by atoms with van der Waals surface area (Å²) in [6.45, 7) is 2.16. The molecule has 78 valence electrons. The lowest BCUT2D eigenvalue weighted by molar-refractivity contribution is -0.384. The van der Waals surface area contributed by atoms with E-state index in [1.54, 1.807) is 12.1 Å². The monoisotopic (exact) mass is 203 g/mol. The average Bonchev–Trinajstić information content (AvgIpc) is 2.67. The maximum atomic E-state index is 10.5. The fraction of sp³-hybridized carbons (Fsp3) is 0.333. The lowest BCUT2D eigenvalue weighted by Crippen LogP contribution is -2.15. The molecule has 0 N–H and O–H groups in total. The zero-order chi connectivity index (χ0) is 10.9. The fourth-order valence-corrected chi connectivity index (χ4v) is 2.01. The van der Waals surface area contributed by atoms with E-state index in [-0.39, 0.29) is 16.0 Å². The first-order valence-electron chi connectivity index (χ1n) is 5.04. The van der Waals surface area contributed by atoms with Crippen molar-refractivity contribution in [1.29, 1.82) is 0 Å². The number of nitrogens with zero attached hydrogens (tertiary/aromatic N) is 1. The number of non-ortho nitro benzene ring substituents is 1. The van der Waals surface area contributed by atoms with Gasteiger partial charge >= 0.3 is 0 Å². The Balaban J connectivity index is 2.31. The zero-order valence-corrected chi connectivity index (χ0v) is 8.64.